The van der Waals surface area contributed by atoms with E-state index in [0.29, 0.717) is 0 Å². The summed E-state index contributed by atoms with van der Waals surface area (Å²) in [6.45, 7) is 7.02. The molecule has 1 atom stereocenters. The average Bonchev–Trinajstić information content (AvgIpc) is 2.75. The number of benzene rings is 1. The second-order valence-electron chi connectivity index (χ2n) is 5.18. The summed E-state index contributed by atoms with van der Waals surface area (Å²) in [6, 6.07) is 6.07. The predicted molar refractivity (Wildman–Crippen MR) is 64.7 cm³/mol. The van der Waals surface area contributed by atoms with Gasteiger partial charge in [-0.15, -0.1) is 0 Å². The predicted octanol–water partition coefficient (Wildman–Crippen LogP) is 3.09. The van der Waals surface area contributed by atoms with Crippen LogP contribution in [-0.2, 0) is 6.42 Å². The molecule has 0 spiro atoms. The Kier molecular flexibility index (Phi) is 2.94. The molecule has 0 aliphatic carbocycles. The van der Waals surface area contributed by atoms with Crippen molar-refractivity contribution in [3.63, 3.8) is 0 Å². The summed E-state index contributed by atoms with van der Waals surface area (Å²) in [5, 5.41) is 10.4. The van der Waals surface area contributed by atoms with Crippen LogP contribution in [0.25, 0.3) is 0 Å². The molecule has 0 aromatic heterocycles. The molecular formula is C14H20O2. The molecule has 1 aromatic rings. The van der Waals surface area contributed by atoms with E-state index < -0.39 is 6.10 Å². The molecule has 16 heavy (non-hydrogen) atoms. The van der Waals surface area contributed by atoms with Gasteiger partial charge in [-0.1, -0.05) is 39.0 Å². The molecule has 0 bridgehead atoms. The van der Waals surface area contributed by atoms with Gasteiger partial charge in [0.1, 0.15) is 5.75 Å². The van der Waals surface area contributed by atoms with E-state index in [4.69, 9.17) is 4.74 Å². The summed E-state index contributed by atoms with van der Waals surface area (Å²) in [5.74, 6) is 0.913. The standard InChI is InChI=1S/C14H20O2/c1-4-14(2,3)13(15)11-7-5-6-10-8-9-16-12(10)11/h5-7,13,15H,4,8-9H2,1-3H3. The van der Waals surface area contributed by atoms with Crippen molar-refractivity contribution >= 4 is 0 Å². The highest BCUT2D eigenvalue weighted by Crippen LogP contribution is 2.42. The van der Waals surface area contributed by atoms with Gasteiger partial charge in [0.05, 0.1) is 12.7 Å². The van der Waals surface area contributed by atoms with E-state index in [2.05, 4.69) is 26.8 Å². The van der Waals surface area contributed by atoms with Crippen molar-refractivity contribution < 1.29 is 9.84 Å². The maximum atomic E-state index is 10.4. The maximum absolute atomic E-state index is 10.4. The van der Waals surface area contributed by atoms with Crippen LogP contribution in [0.4, 0.5) is 0 Å². The fourth-order valence-electron chi connectivity index (χ4n) is 2.07. The summed E-state index contributed by atoms with van der Waals surface area (Å²) in [5.41, 5.74) is 2.06. The molecule has 0 radical (unpaired) electrons. The van der Waals surface area contributed by atoms with Crippen LogP contribution in [0.1, 0.15) is 44.4 Å². The molecule has 1 unspecified atom stereocenters. The Morgan fingerprint density at radius 1 is 1.44 bits per heavy atom. The SMILES string of the molecule is CCC(C)(C)C(O)c1cccc2c1OCC2. The van der Waals surface area contributed by atoms with Gasteiger partial charge in [0.2, 0.25) is 0 Å². The van der Waals surface area contributed by atoms with E-state index in [1.807, 2.05) is 12.1 Å². The van der Waals surface area contributed by atoms with Crippen LogP contribution < -0.4 is 4.74 Å². The van der Waals surface area contributed by atoms with Gasteiger partial charge in [0.25, 0.3) is 0 Å². The first-order valence-corrected chi connectivity index (χ1v) is 5.99. The number of aliphatic hydroxyl groups excluding tert-OH is 1. The first-order chi connectivity index (χ1) is 7.56. The lowest BCUT2D eigenvalue weighted by molar-refractivity contribution is 0.0445. The lowest BCUT2D eigenvalue weighted by Crippen LogP contribution is -2.21. The third kappa shape index (κ3) is 1.82. The largest absolute Gasteiger partial charge is 0.493 e. The van der Waals surface area contributed by atoms with Crippen molar-refractivity contribution in [2.24, 2.45) is 5.41 Å². The van der Waals surface area contributed by atoms with Gasteiger partial charge in [0.15, 0.2) is 0 Å². The van der Waals surface area contributed by atoms with Crippen LogP contribution in [0.2, 0.25) is 0 Å². The van der Waals surface area contributed by atoms with Gasteiger partial charge < -0.3 is 9.84 Å². The monoisotopic (exact) mass is 220 g/mol. The lowest BCUT2D eigenvalue weighted by atomic mass is 9.80. The quantitative estimate of drug-likeness (QED) is 0.848. The van der Waals surface area contributed by atoms with Crippen molar-refractivity contribution in [3.8, 4) is 5.75 Å². The highest BCUT2D eigenvalue weighted by Gasteiger charge is 2.31. The highest BCUT2D eigenvalue weighted by atomic mass is 16.5. The molecule has 0 saturated heterocycles. The van der Waals surface area contributed by atoms with Crippen LogP contribution in [0.3, 0.4) is 0 Å². The smallest absolute Gasteiger partial charge is 0.128 e. The zero-order valence-corrected chi connectivity index (χ0v) is 10.3. The minimum absolute atomic E-state index is 0.110. The number of aliphatic hydroxyl groups is 1. The average molecular weight is 220 g/mol. The Morgan fingerprint density at radius 2 is 2.19 bits per heavy atom. The summed E-state index contributed by atoms with van der Waals surface area (Å²) in [4.78, 5) is 0. The van der Waals surface area contributed by atoms with Gasteiger partial charge in [-0.25, -0.2) is 0 Å². The number of ether oxygens (including phenoxy) is 1. The molecule has 1 heterocycles. The molecule has 1 aliphatic rings. The molecular weight excluding hydrogens is 200 g/mol. The first-order valence-electron chi connectivity index (χ1n) is 5.99. The van der Waals surface area contributed by atoms with E-state index in [1.165, 1.54) is 5.56 Å². The zero-order valence-electron chi connectivity index (χ0n) is 10.3. The highest BCUT2D eigenvalue weighted by molar-refractivity contribution is 5.45. The van der Waals surface area contributed by atoms with Crippen molar-refractivity contribution in [1.29, 1.82) is 0 Å². The van der Waals surface area contributed by atoms with Crippen molar-refractivity contribution in [1.82, 2.24) is 0 Å². The van der Waals surface area contributed by atoms with Crippen molar-refractivity contribution in [3.05, 3.63) is 29.3 Å². The maximum Gasteiger partial charge on any atom is 0.128 e. The van der Waals surface area contributed by atoms with Crippen LogP contribution in [0.5, 0.6) is 5.75 Å². The summed E-state index contributed by atoms with van der Waals surface area (Å²) in [7, 11) is 0. The van der Waals surface area contributed by atoms with Crippen molar-refractivity contribution in [2.45, 2.75) is 39.7 Å². The summed E-state index contributed by atoms with van der Waals surface area (Å²) in [6.07, 6.45) is 1.45. The van der Waals surface area contributed by atoms with Crippen LogP contribution >= 0.6 is 0 Å². The van der Waals surface area contributed by atoms with Gasteiger partial charge in [-0.2, -0.15) is 0 Å². The Bertz CT molecular complexity index is 382. The lowest BCUT2D eigenvalue weighted by Gasteiger charge is -2.30. The molecule has 0 saturated carbocycles. The molecule has 1 aliphatic heterocycles. The molecule has 2 nitrogen and oxygen atoms in total. The second-order valence-corrected chi connectivity index (χ2v) is 5.18. The van der Waals surface area contributed by atoms with E-state index in [0.717, 1.165) is 30.8 Å². The topological polar surface area (TPSA) is 29.5 Å². The second kappa shape index (κ2) is 4.10. The molecule has 2 rings (SSSR count). The number of hydrogen-bond donors (Lipinski definition) is 1. The minimum atomic E-state index is -0.453. The van der Waals surface area contributed by atoms with E-state index >= 15 is 0 Å². The number of hydrogen-bond acceptors (Lipinski definition) is 2. The molecule has 2 heteroatoms. The minimum Gasteiger partial charge on any atom is -0.493 e. The number of para-hydroxylation sites is 1. The summed E-state index contributed by atoms with van der Waals surface area (Å²) >= 11 is 0. The molecule has 1 N–H and O–H groups in total. The normalized spacial score (nSPS) is 16.8. The Balaban J connectivity index is 2.38. The first kappa shape index (κ1) is 11.5. The van der Waals surface area contributed by atoms with Gasteiger partial charge in [0, 0.05) is 12.0 Å². The third-order valence-electron chi connectivity index (χ3n) is 3.69. The van der Waals surface area contributed by atoms with Crippen LogP contribution in [0, 0.1) is 5.41 Å². The van der Waals surface area contributed by atoms with E-state index in [1.54, 1.807) is 0 Å². The third-order valence-corrected chi connectivity index (χ3v) is 3.69. The van der Waals surface area contributed by atoms with Gasteiger partial charge >= 0.3 is 0 Å². The number of rotatable bonds is 3. The fraction of sp³-hybridized carbons (Fsp3) is 0.571. The van der Waals surface area contributed by atoms with Gasteiger partial charge in [-0.3, -0.25) is 0 Å². The van der Waals surface area contributed by atoms with E-state index in [-0.39, 0.29) is 5.41 Å². The summed E-state index contributed by atoms with van der Waals surface area (Å²) < 4.78 is 5.63. The van der Waals surface area contributed by atoms with Crippen LogP contribution in [-0.4, -0.2) is 11.7 Å². The van der Waals surface area contributed by atoms with Gasteiger partial charge in [-0.05, 0) is 17.4 Å². The Hall–Kier alpha value is -1.02. The Morgan fingerprint density at radius 3 is 2.88 bits per heavy atom. The molecule has 0 fully saturated rings. The molecule has 1 aromatic carbocycles. The van der Waals surface area contributed by atoms with E-state index in [9.17, 15) is 5.11 Å². The number of fused-ring (bicyclic) bond motifs is 1. The zero-order chi connectivity index (χ0) is 11.8. The molecule has 88 valence electrons. The molecule has 0 amide bonds. The Labute approximate surface area is 97.3 Å². The fourth-order valence-corrected chi connectivity index (χ4v) is 2.07. The van der Waals surface area contributed by atoms with Crippen molar-refractivity contribution in [2.75, 3.05) is 6.61 Å². The van der Waals surface area contributed by atoms with Crippen LogP contribution in [0.15, 0.2) is 18.2 Å².